The molecule has 162 valence electrons. The van der Waals surface area contributed by atoms with Crippen LogP contribution in [0.25, 0.3) is 0 Å². The van der Waals surface area contributed by atoms with Gasteiger partial charge >= 0.3 is 5.97 Å². The first-order valence-corrected chi connectivity index (χ1v) is 11.1. The van der Waals surface area contributed by atoms with E-state index in [1.807, 2.05) is 6.92 Å². The average molecular weight is 433 g/mol. The lowest BCUT2D eigenvalue weighted by Gasteiger charge is -2.20. The van der Waals surface area contributed by atoms with E-state index in [1.54, 1.807) is 58.0 Å². The molecule has 0 atom stereocenters. The van der Waals surface area contributed by atoms with E-state index in [1.165, 1.54) is 12.1 Å². The molecule has 7 nitrogen and oxygen atoms in total. The Morgan fingerprint density at radius 3 is 2.23 bits per heavy atom. The zero-order valence-electron chi connectivity index (χ0n) is 17.9. The lowest BCUT2D eigenvalue weighted by Crippen LogP contribution is -2.40. The molecule has 0 aliphatic carbocycles. The van der Waals surface area contributed by atoms with Gasteiger partial charge in [0.1, 0.15) is 0 Å². The fourth-order valence-corrected chi connectivity index (χ4v) is 4.09. The molecular formula is C22H28N2O5S. The Bertz CT molecular complexity index is 1020. The van der Waals surface area contributed by atoms with Gasteiger partial charge in [-0.2, -0.15) is 0 Å². The van der Waals surface area contributed by atoms with Crippen molar-refractivity contribution in [3.8, 4) is 0 Å². The second-order valence-electron chi connectivity index (χ2n) is 8.00. The number of carbonyl (C=O) groups excluding carboxylic acids is 2. The highest BCUT2D eigenvalue weighted by Gasteiger charge is 2.23. The van der Waals surface area contributed by atoms with E-state index in [-0.39, 0.29) is 10.5 Å². The van der Waals surface area contributed by atoms with E-state index >= 15 is 0 Å². The van der Waals surface area contributed by atoms with Gasteiger partial charge < -0.3 is 10.1 Å². The number of benzene rings is 2. The van der Waals surface area contributed by atoms with Crippen molar-refractivity contribution in [1.82, 2.24) is 4.72 Å². The predicted molar refractivity (Wildman–Crippen MR) is 116 cm³/mol. The monoisotopic (exact) mass is 432 g/mol. The fraction of sp³-hybridized carbons (Fsp3) is 0.364. The summed E-state index contributed by atoms with van der Waals surface area (Å²) >= 11 is 0. The molecule has 0 aromatic heterocycles. The Labute approximate surface area is 177 Å². The summed E-state index contributed by atoms with van der Waals surface area (Å²) in [6, 6.07) is 10.7. The van der Waals surface area contributed by atoms with Crippen LogP contribution in [0.4, 0.5) is 5.69 Å². The summed E-state index contributed by atoms with van der Waals surface area (Å²) < 4.78 is 32.8. The number of carbonyl (C=O) groups is 2. The van der Waals surface area contributed by atoms with E-state index in [0.29, 0.717) is 23.4 Å². The molecule has 0 spiro atoms. The first-order valence-electron chi connectivity index (χ1n) is 9.66. The van der Waals surface area contributed by atoms with Crippen LogP contribution in [0.1, 0.15) is 60.4 Å². The Hall–Kier alpha value is -2.71. The number of anilines is 1. The van der Waals surface area contributed by atoms with Crippen molar-refractivity contribution in [2.45, 2.75) is 51.5 Å². The van der Waals surface area contributed by atoms with E-state index in [9.17, 15) is 18.0 Å². The van der Waals surface area contributed by atoms with Gasteiger partial charge in [-0.05, 0) is 76.1 Å². The maximum atomic E-state index is 12.7. The van der Waals surface area contributed by atoms with Crippen LogP contribution in [0, 0.1) is 6.92 Å². The number of hydrogen-bond donors (Lipinski definition) is 2. The fourth-order valence-electron chi connectivity index (χ4n) is 2.64. The summed E-state index contributed by atoms with van der Waals surface area (Å²) in [4.78, 5) is 24.6. The number of ether oxygens (including phenoxy) is 1. The maximum Gasteiger partial charge on any atom is 0.338 e. The molecule has 0 radical (unpaired) electrons. The van der Waals surface area contributed by atoms with Crippen LogP contribution in [-0.4, -0.2) is 32.4 Å². The summed E-state index contributed by atoms with van der Waals surface area (Å²) in [5, 5.41) is 2.73. The molecule has 8 heteroatoms. The second-order valence-corrected chi connectivity index (χ2v) is 9.68. The second kappa shape index (κ2) is 9.40. The van der Waals surface area contributed by atoms with Crippen molar-refractivity contribution < 1.29 is 22.7 Å². The molecular weight excluding hydrogens is 404 g/mol. The van der Waals surface area contributed by atoms with Gasteiger partial charge in [-0.1, -0.05) is 13.0 Å². The van der Waals surface area contributed by atoms with Crippen LogP contribution in [0.2, 0.25) is 0 Å². The SMILES string of the molecule is CCCOC(=O)c1ccc(NC(=O)c2cc(S(=O)(=O)NC(C)(C)C)ccc2C)cc1. The van der Waals surface area contributed by atoms with Crippen molar-refractivity contribution in [2.24, 2.45) is 0 Å². The molecule has 0 saturated carbocycles. The smallest absolute Gasteiger partial charge is 0.338 e. The van der Waals surface area contributed by atoms with Crippen molar-refractivity contribution in [2.75, 3.05) is 11.9 Å². The molecule has 2 rings (SSSR count). The van der Waals surface area contributed by atoms with Gasteiger partial charge in [0.2, 0.25) is 10.0 Å². The molecule has 2 aromatic rings. The minimum Gasteiger partial charge on any atom is -0.462 e. The van der Waals surface area contributed by atoms with E-state index in [2.05, 4.69) is 10.0 Å². The third kappa shape index (κ3) is 6.40. The van der Waals surface area contributed by atoms with E-state index in [4.69, 9.17) is 4.74 Å². The number of sulfonamides is 1. The number of rotatable bonds is 7. The lowest BCUT2D eigenvalue weighted by atomic mass is 10.1. The topological polar surface area (TPSA) is 102 Å². The van der Waals surface area contributed by atoms with Gasteiger partial charge in [0, 0.05) is 16.8 Å². The summed E-state index contributed by atoms with van der Waals surface area (Å²) in [5.74, 6) is -0.864. The Kier molecular flexibility index (Phi) is 7.39. The van der Waals surface area contributed by atoms with E-state index < -0.39 is 27.4 Å². The van der Waals surface area contributed by atoms with Gasteiger partial charge in [0.15, 0.2) is 0 Å². The molecule has 2 N–H and O–H groups in total. The molecule has 0 fully saturated rings. The molecule has 0 aliphatic heterocycles. The Morgan fingerprint density at radius 2 is 1.67 bits per heavy atom. The molecule has 30 heavy (non-hydrogen) atoms. The Balaban J connectivity index is 2.20. The zero-order chi connectivity index (χ0) is 22.5. The summed E-state index contributed by atoms with van der Waals surface area (Å²) in [6.45, 7) is 9.22. The van der Waals surface area contributed by atoms with Gasteiger partial charge in [-0.25, -0.2) is 17.9 Å². The van der Waals surface area contributed by atoms with Crippen LogP contribution >= 0.6 is 0 Å². The summed E-state index contributed by atoms with van der Waals surface area (Å²) in [7, 11) is -3.77. The standard InChI is InChI=1S/C22H28N2O5S/c1-6-13-29-21(26)16-8-10-17(11-9-16)23-20(25)19-14-18(12-7-15(19)2)30(27,28)24-22(3,4)5/h7-12,14,24H,6,13H2,1-5H3,(H,23,25). The molecule has 0 saturated heterocycles. The van der Waals surface area contributed by atoms with Gasteiger partial charge in [-0.3, -0.25) is 4.79 Å². The minimum absolute atomic E-state index is 0.0159. The summed E-state index contributed by atoms with van der Waals surface area (Å²) in [5.41, 5.74) is 1.11. The molecule has 0 heterocycles. The third-order valence-corrected chi connectivity index (χ3v) is 5.78. The normalized spacial score (nSPS) is 11.8. The highest BCUT2D eigenvalue weighted by Crippen LogP contribution is 2.19. The number of nitrogens with one attached hydrogen (secondary N) is 2. The largest absolute Gasteiger partial charge is 0.462 e. The van der Waals surface area contributed by atoms with Crippen molar-refractivity contribution in [1.29, 1.82) is 0 Å². The number of amides is 1. The van der Waals surface area contributed by atoms with Crippen LogP contribution in [-0.2, 0) is 14.8 Å². The van der Waals surface area contributed by atoms with Crippen LogP contribution < -0.4 is 10.0 Å². The van der Waals surface area contributed by atoms with Crippen LogP contribution in [0.5, 0.6) is 0 Å². The number of esters is 1. The molecule has 2 aromatic carbocycles. The Morgan fingerprint density at radius 1 is 1.03 bits per heavy atom. The average Bonchev–Trinajstić information content (AvgIpc) is 2.64. The molecule has 0 bridgehead atoms. The highest BCUT2D eigenvalue weighted by atomic mass is 32.2. The van der Waals surface area contributed by atoms with Gasteiger partial charge in [0.25, 0.3) is 5.91 Å². The van der Waals surface area contributed by atoms with Gasteiger partial charge in [-0.15, -0.1) is 0 Å². The number of aryl methyl sites for hydroxylation is 1. The van der Waals surface area contributed by atoms with Crippen molar-refractivity contribution in [3.05, 3.63) is 59.2 Å². The first-order chi connectivity index (χ1) is 13.9. The highest BCUT2D eigenvalue weighted by molar-refractivity contribution is 7.89. The van der Waals surface area contributed by atoms with Crippen molar-refractivity contribution in [3.63, 3.8) is 0 Å². The van der Waals surface area contributed by atoms with Gasteiger partial charge in [0.05, 0.1) is 17.1 Å². The predicted octanol–water partition coefficient (Wildman–Crippen LogP) is 3.89. The van der Waals surface area contributed by atoms with Crippen LogP contribution in [0.3, 0.4) is 0 Å². The maximum absolute atomic E-state index is 12.7. The first kappa shape index (κ1) is 23.6. The van der Waals surface area contributed by atoms with E-state index in [0.717, 1.165) is 6.42 Å². The minimum atomic E-state index is -3.77. The van der Waals surface area contributed by atoms with Crippen LogP contribution in [0.15, 0.2) is 47.4 Å². The summed E-state index contributed by atoms with van der Waals surface area (Å²) in [6.07, 6.45) is 0.735. The van der Waals surface area contributed by atoms with Crippen molar-refractivity contribution >= 4 is 27.6 Å². The molecule has 1 amide bonds. The zero-order valence-corrected chi connectivity index (χ0v) is 18.7. The molecule has 0 aliphatic rings. The third-order valence-electron chi connectivity index (χ3n) is 4.02. The molecule has 0 unspecified atom stereocenters. The lowest BCUT2D eigenvalue weighted by molar-refractivity contribution is 0.0505. The quantitative estimate of drug-likeness (QED) is 0.646. The number of hydrogen-bond acceptors (Lipinski definition) is 5.